The summed E-state index contributed by atoms with van der Waals surface area (Å²) in [5, 5.41) is 7.25. The second-order valence-electron chi connectivity index (χ2n) is 2.85. The molecule has 1 heterocycles. The Morgan fingerprint density at radius 1 is 1.13 bits per heavy atom. The molecule has 0 saturated carbocycles. The summed E-state index contributed by atoms with van der Waals surface area (Å²) in [7, 11) is 0. The van der Waals surface area contributed by atoms with E-state index in [2.05, 4.69) is 36.3 Å². The lowest BCUT2D eigenvalue weighted by Crippen LogP contribution is -2.86. The molecule has 23 heavy (non-hydrogen) atoms. The molecule has 0 radical (unpaired) electrons. The molecule has 0 bridgehead atoms. The first-order valence-electron chi connectivity index (χ1n) is 4.87. The van der Waals surface area contributed by atoms with Crippen LogP contribution in [0, 0.1) is 10.1 Å². The van der Waals surface area contributed by atoms with Gasteiger partial charge in [0.05, 0.1) is 0 Å². The van der Waals surface area contributed by atoms with E-state index in [9.17, 15) is 28.0 Å². The number of nitro groups is 1. The lowest BCUT2D eigenvalue weighted by Gasteiger charge is -2.11. The SMILES string of the molecule is NNC(NN)=[NH+]N.O=[N+]([O-])[N-]c1nc(N(F)F)nc(N(F)F)n1. The van der Waals surface area contributed by atoms with Gasteiger partial charge in [-0.15, -0.1) is 0 Å². The normalized spacial score (nSPS) is 8.96. The van der Waals surface area contributed by atoms with E-state index in [0.717, 1.165) is 0 Å². The maximum absolute atomic E-state index is 11.9. The molecule has 9 N–H and O–H groups in total. The van der Waals surface area contributed by atoms with E-state index in [4.69, 9.17) is 17.5 Å². The van der Waals surface area contributed by atoms with Crippen molar-refractivity contribution >= 4 is 23.8 Å². The third-order valence-corrected chi connectivity index (χ3v) is 1.51. The fourth-order valence-corrected chi connectivity index (χ4v) is 0.737. The number of rotatable bonds is 4. The molecule has 0 aliphatic rings. The molecule has 0 aliphatic heterocycles. The Hall–Kier alpha value is -3.48. The molecule has 0 unspecified atom stereocenters. The van der Waals surface area contributed by atoms with E-state index in [1.165, 1.54) is 0 Å². The van der Waals surface area contributed by atoms with E-state index in [1.807, 2.05) is 0 Å². The minimum absolute atomic E-state index is 0.264. The molecule has 0 saturated heterocycles. The van der Waals surface area contributed by atoms with E-state index < -0.39 is 33.6 Å². The van der Waals surface area contributed by atoms with Crippen molar-refractivity contribution in [2.45, 2.75) is 0 Å². The number of guanidine groups is 1. The molecule has 15 nitrogen and oxygen atoms in total. The minimum Gasteiger partial charge on any atom is -0.317 e. The highest BCUT2D eigenvalue weighted by molar-refractivity contribution is 5.72. The topological polar surface area (TPSA) is 218 Å². The Bertz CT molecular complexity index is 506. The van der Waals surface area contributed by atoms with E-state index in [1.54, 1.807) is 0 Å². The molecular formula is C4H9F4N13O2. The number of halogens is 4. The smallest absolute Gasteiger partial charge is 0.317 e. The predicted molar refractivity (Wildman–Crippen MR) is 64.0 cm³/mol. The van der Waals surface area contributed by atoms with Gasteiger partial charge in [0.2, 0.25) is 11.9 Å². The van der Waals surface area contributed by atoms with Gasteiger partial charge in [-0.1, -0.05) is 23.4 Å². The molecule has 1 aromatic heterocycles. The highest BCUT2D eigenvalue weighted by atomic mass is 19.4. The third kappa shape index (κ3) is 7.19. The van der Waals surface area contributed by atoms with Gasteiger partial charge >= 0.3 is 5.96 Å². The van der Waals surface area contributed by atoms with Gasteiger partial charge in [-0.25, -0.2) is 21.0 Å². The Morgan fingerprint density at radius 2 is 1.57 bits per heavy atom. The van der Waals surface area contributed by atoms with Gasteiger partial charge in [0.1, 0.15) is 11.0 Å². The van der Waals surface area contributed by atoms with Crippen molar-refractivity contribution in [3.05, 3.63) is 15.5 Å². The van der Waals surface area contributed by atoms with Crippen LogP contribution in [0.5, 0.6) is 0 Å². The number of hydrogen-bond acceptors (Lipinski definition) is 10. The molecule has 0 fully saturated rings. The maximum atomic E-state index is 11.9. The van der Waals surface area contributed by atoms with Crippen molar-refractivity contribution in [2.24, 2.45) is 17.5 Å². The number of hydrazone groups is 1. The Kier molecular flexibility index (Phi) is 8.02. The Morgan fingerprint density at radius 3 is 1.78 bits per heavy atom. The van der Waals surface area contributed by atoms with Crippen molar-refractivity contribution in [3.63, 3.8) is 0 Å². The Labute approximate surface area is 122 Å². The summed E-state index contributed by atoms with van der Waals surface area (Å²) < 4.78 is 47.7. The van der Waals surface area contributed by atoms with E-state index in [-0.39, 0.29) is 5.96 Å². The average molecular weight is 347 g/mol. The van der Waals surface area contributed by atoms with Crippen LogP contribution in [-0.4, -0.2) is 25.9 Å². The monoisotopic (exact) mass is 347 g/mol. The second kappa shape index (κ2) is 9.46. The molecule has 1 rings (SSSR count). The van der Waals surface area contributed by atoms with Crippen LogP contribution in [0.15, 0.2) is 0 Å². The minimum atomic E-state index is -1.71. The highest BCUT2D eigenvalue weighted by Gasteiger charge is 2.12. The van der Waals surface area contributed by atoms with Crippen LogP contribution in [-0.2, 0) is 0 Å². The fourth-order valence-electron chi connectivity index (χ4n) is 0.737. The van der Waals surface area contributed by atoms with Crippen LogP contribution < -0.4 is 44.2 Å². The van der Waals surface area contributed by atoms with Crippen molar-refractivity contribution in [2.75, 3.05) is 10.7 Å². The van der Waals surface area contributed by atoms with Crippen molar-refractivity contribution in [1.82, 2.24) is 25.8 Å². The first-order valence-corrected chi connectivity index (χ1v) is 4.87. The maximum Gasteiger partial charge on any atom is 0.398 e. The van der Waals surface area contributed by atoms with Gasteiger partial charge in [0.25, 0.3) is 0 Å². The summed E-state index contributed by atoms with van der Waals surface area (Å²) >= 11 is 0. The number of nitrogens with zero attached hydrogens (tertiary/aromatic N) is 7. The summed E-state index contributed by atoms with van der Waals surface area (Å²) in [6.07, 6.45) is 0. The molecule has 1 aromatic rings. The molecule has 19 heteroatoms. The zero-order valence-corrected chi connectivity index (χ0v) is 10.7. The first-order chi connectivity index (χ1) is 10.7. The van der Waals surface area contributed by atoms with Crippen LogP contribution in [0.2, 0.25) is 0 Å². The van der Waals surface area contributed by atoms with Gasteiger partial charge in [0, 0.05) is 0 Å². The number of nitrogens with one attached hydrogen (secondary N) is 3. The largest absolute Gasteiger partial charge is 0.398 e. The molecular weight excluding hydrogens is 338 g/mol. The van der Waals surface area contributed by atoms with Crippen molar-refractivity contribution in [3.8, 4) is 0 Å². The van der Waals surface area contributed by atoms with Gasteiger partial charge in [-0.3, -0.25) is 5.84 Å². The summed E-state index contributed by atoms with van der Waals surface area (Å²) in [4.78, 5) is 17.9. The van der Waals surface area contributed by atoms with Crippen molar-refractivity contribution < 1.29 is 28.1 Å². The lowest BCUT2D eigenvalue weighted by atomic mass is 10.8. The lowest BCUT2D eigenvalue weighted by molar-refractivity contribution is -0.474. The zero-order valence-electron chi connectivity index (χ0n) is 10.7. The van der Waals surface area contributed by atoms with Crippen LogP contribution in [0.4, 0.5) is 35.8 Å². The highest BCUT2D eigenvalue weighted by Crippen LogP contribution is 2.21. The summed E-state index contributed by atoms with van der Waals surface area (Å²) in [5.41, 5.74) is 6.68. The van der Waals surface area contributed by atoms with Gasteiger partial charge in [-0.05, 0) is 10.7 Å². The summed E-state index contributed by atoms with van der Waals surface area (Å²) in [6.45, 7) is 0. The third-order valence-electron chi connectivity index (χ3n) is 1.51. The Balaban J connectivity index is 0.000000585. The van der Waals surface area contributed by atoms with E-state index in [0.29, 0.717) is 0 Å². The predicted octanol–water partition coefficient (Wildman–Crippen LogP) is -3.56. The van der Waals surface area contributed by atoms with Crippen LogP contribution in [0.3, 0.4) is 0 Å². The van der Waals surface area contributed by atoms with Gasteiger partial charge < -0.3 is 9.97 Å². The molecule has 130 valence electrons. The number of anilines is 2. The first kappa shape index (κ1) is 19.5. The molecule has 0 spiro atoms. The van der Waals surface area contributed by atoms with E-state index >= 15 is 0 Å². The number of aromatic nitrogens is 3. The molecule has 0 aromatic carbocycles. The zero-order chi connectivity index (χ0) is 18.0. The molecule has 0 amide bonds. The van der Waals surface area contributed by atoms with Gasteiger partial charge in [0.15, 0.2) is 0 Å². The average Bonchev–Trinajstić information content (AvgIpc) is 2.48. The van der Waals surface area contributed by atoms with Crippen LogP contribution in [0.25, 0.3) is 5.43 Å². The number of hydrazine groups is 3. The number of hydrogen-bond donors (Lipinski definition) is 6. The standard InChI is InChI=1S/C3F4N7O2.CH8N6/c4-12(5)2-8-1(11-14(15)16)9-3(10-2)13(6)7;2-5-1(6-3)7-4/h;2-4H2,(H2,5,6,7)/q-1;/p+1. The van der Waals surface area contributed by atoms with Crippen LogP contribution >= 0.6 is 0 Å². The van der Waals surface area contributed by atoms with Crippen LogP contribution in [0.1, 0.15) is 0 Å². The van der Waals surface area contributed by atoms with Gasteiger partial charge in [-0.2, -0.15) is 21.8 Å². The molecule has 0 atom stereocenters. The summed E-state index contributed by atoms with van der Waals surface area (Å²) in [5.74, 6) is 10.6. The second-order valence-corrected chi connectivity index (χ2v) is 2.85. The van der Waals surface area contributed by atoms with Crippen molar-refractivity contribution in [1.29, 1.82) is 0 Å². The molecule has 0 aliphatic carbocycles. The number of nitrogens with two attached hydrogens (primary N) is 3. The fraction of sp³-hybridized carbons (Fsp3) is 0. The quantitative estimate of drug-likeness (QED) is 0.0592. The summed E-state index contributed by atoms with van der Waals surface area (Å²) in [6, 6.07) is 0.